The van der Waals surface area contributed by atoms with Crippen molar-refractivity contribution >= 4 is 34.2 Å². The number of fused-ring (bicyclic) bond motifs is 1. The van der Waals surface area contributed by atoms with Gasteiger partial charge in [0.25, 0.3) is 0 Å². The van der Waals surface area contributed by atoms with Gasteiger partial charge < -0.3 is 24.7 Å². The topological polar surface area (TPSA) is 115 Å². The predicted molar refractivity (Wildman–Crippen MR) is 117 cm³/mol. The van der Waals surface area contributed by atoms with Crippen LogP contribution in [0.15, 0.2) is 33.9 Å². The molecule has 0 spiro atoms. The second-order valence-corrected chi connectivity index (χ2v) is 8.93. The lowest BCUT2D eigenvalue weighted by Crippen LogP contribution is -2.27. The van der Waals surface area contributed by atoms with Gasteiger partial charge in [0, 0.05) is 37.0 Å². The Balaban J connectivity index is 1.60. The summed E-state index contributed by atoms with van der Waals surface area (Å²) in [4.78, 5) is 30.7. The number of aryl methyl sites for hydroxylation is 1. The normalized spacial score (nSPS) is 23.6. The third-order valence-electron chi connectivity index (χ3n) is 6.53. The van der Waals surface area contributed by atoms with Crippen molar-refractivity contribution in [1.82, 2.24) is 9.55 Å². The first-order valence-electron chi connectivity index (χ1n) is 10.4. The number of aromatic nitrogens is 2. The van der Waals surface area contributed by atoms with Gasteiger partial charge in [0.15, 0.2) is 0 Å². The van der Waals surface area contributed by atoms with Crippen molar-refractivity contribution < 1.29 is 18.7 Å². The van der Waals surface area contributed by atoms with E-state index in [4.69, 9.17) is 21.8 Å². The van der Waals surface area contributed by atoms with Crippen LogP contribution in [0.5, 0.6) is 0 Å². The van der Waals surface area contributed by atoms with Crippen LogP contribution in [0.3, 0.4) is 0 Å². The molecule has 1 aromatic carbocycles. The highest BCUT2D eigenvalue weighted by atomic mass is 35.5. The molecule has 2 aliphatic rings. The van der Waals surface area contributed by atoms with Gasteiger partial charge in [0.1, 0.15) is 18.0 Å². The summed E-state index contributed by atoms with van der Waals surface area (Å²) in [6.45, 7) is 3.14. The maximum Gasteiger partial charge on any atom is 0.341 e. The van der Waals surface area contributed by atoms with Gasteiger partial charge in [-0.3, -0.25) is 4.79 Å². The van der Waals surface area contributed by atoms with Crippen LogP contribution in [-0.4, -0.2) is 39.9 Å². The summed E-state index contributed by atoms with van der Waals surface area (Å²) in [6.07, 6.45) is 4.33. The van der Waals surface area contributed by atoms with Crippen LogP contribution in [0, 0.1) is 12.8 Å². The molecule has 0 radical (unpaired) electrons. The van der Waals surface area contributed by atoms with Crippen LogP contribution >= 0.6 is 11.6 Å². The summed E-state index contributed by atoms with van der Waals surface area (Å²) in [5, 5.41) is 10.00. The highest BCUT2D eigenvalue weighted by Crippen LogP contribution is 2.44. The number of alkyl halides is 1. The molecule has 1 saturated carbocycles. The molecule has 10 heteroatoms. The largest absolute Gasteiger partial charge is 0.477 e. The number of rotatable bonds is 5. The van der Waals surface area contributed by atoms with Gasteiger partial charge in [-0.05, 0) is 25.0 Å². The van der Waals surface area contributed by atoms with Crippen molar-refractivity contribution in [2.45, 2.75) is 38.0 Å². The van der Waals surface area contributed by atoms with Gasteiger partial charge >= 0.3 is 5.97 Å². The number of oxazole rings is 1. The summed E-state index contributed by atoms with van der Waals surface area (Å²) in [5.74, 6) is -0.770. The molecule has 0 bridgehead atoms. The maximum absolute atomic E-state index is 14.0. The zero-order valence-corrected chi connectivity index (χ0v) is 18.1. The number of nitrogens with two attached hydrogens (primary N) is 1. The number of hydrogen-bond donors (Lipinski definition) is 2. The van der Waals surface area contributed by atoms with E-state index in [0.29, 0.717) is 35.1 Å². The third-order valence-corrected chi connectivity index (χ3v) is 6.82. The summed E-state index contributed by atoms with van der Waals surface area (Å²) < 4.78 is 20.9. The molecule has 32 heavy (non-hydrogen) atoms. The molecule has 3 aromatic rings. The summed E-state index contributed by atoms with van der Waals surface area (Å²) in [6, 6.07) is 0.653. The average Bonchev–Trinajstić information content (AvgIpc) is 3.16. The van der Waals surface area contributed by atoms with Gasteiger partial charge in [-0.2, -0.15) is 0 Å². The standard InChI is InChI=1S/C22H22ClFN4O4/c1-10-18-12(20(29)13(22(30)31)9-28(18)16-7-15(16)24)6-14(23)19(10)27-4-2-11(8-27)17(25)21-26-3-5-32-21/h3,5-6,9,11,15-17H,2,4,7-8,25H2,1H3,(H,30,31). The van der Waals surface area contributed by atoms with Crippen molar-refractivity contribution in [2.75, 3.05) is 18.0 Å². The number of nitrogens with zero attached hydrogens (tertiary/aromatic N) is 3. The monoisotopic (exact) mass is 460 g/mol. The molecule has 4 unspecified atom stereocenters. The Morgan fingerprint density at radius 2 is 2.22 bits per heavy atom. The highest BCUT2D eigenvalue weighted by molar-refractivity contribution is 6.34. The second-order valence-electron chi connectivity index (χ2n) is 8.52. The number of carboxylic acids is 1. The minimum absolute atomic E-state index is 0.0926. The smallest absolute Gasteiger partial charge is 0.341 e. The molecule has 5 rings (SSSR count). The minimum atomic E-state index is -1.34. The van der Waals surface area contributed by atoms with E-state index in [9.17, 15) is 19.1 Å². The fourth-order valence-electron chi connectivity index (χ4n) is 4.80. The average molecular weight is 461 g/mol. The predicted octanol–water partition coefficient (Wildman–Crippen LogP) is 3.46. The number of hydrogen-bond acceptors (Lipinski definition) is 6. The van der Waals surface area contributed by atoms with Crippen LogP contribution in [0.2, 0.25) is 5.02 Å². The lowest BCUT2D eigenvalue weighted by Gasteiger charge is -2.25. The Morgan fingerprint density at radius 1 is 1.47 bits per heavy atom. The highest BCUT2D eigenvalue weighted by Gasteiger charge is 2.41. The Kier molecular flexibility index (Phi) is 4.98. The first-order chi connectivity index (χ1) is 15.3. The van der Waals surface area contributed by atoms with E-state index in [-0.39, 0.29) is 23.8 Å². The Morgan fingerprint density at radius 3 is 2.84 bits per heavy atom. The van der Waals surface area contributed by atoms with Crippen molar-refractivity contribution in [1.29, 1.82) is 0 Å². The molecule has 168 valence electrons. The maximum atomic E-state index is 14.0. The van der Waals surface area contributed by atoms with E-state index in [0.717, 1.165) is 12.1 Å². The molecule has 8 nitrogen and oxygen atoms in total. The first kappa shape index (κ1) is 21.0. The van der Waals surface area contributed by atoms with Crippen LogP contribution in [-0.2, 0) is 0 Å². The van der Waals surface area contributed by atoms with Crippen molar-refractivity contribution in [2.24, 2.45) is 11.7 Å². The van der Waals surface area contributed by atoms with Crippen molar-refractivity contribution in [3.05, 3.63) is 57.0 Å². The molecule has 1 saturated heterocycles. The zero-order chi connectivity index (χ0) is 22.7. The second kappa shape index (κ2) is 7.60. The van der Waals surface area contributed by atoms with Crippen LogP contribution in [0.4, 0.5) is 10.1 Å². The van der Waals surface area contributed by atoms with E-state index in [2.05, 4.69) is 9.88 Å². The van der Waals surface area contributed by atoms with Crippen LogP contribution < -0.4 is 16.1 Å². The molecule has 0 amide bonds. The van der Waals surface area contributed by atoms with Crippen molar-refractivity contribution in [3.63, 3.8) is 0 Å². The summed E-state index contributed by atoms with van der Waals surface area (Å²) in [7, 11) is 0. The number of pyridine rings is 1. The number of carboxylic acid groups (broad SMARTS) is 1. The minimum Gasteiger partial charge on any atom is -0.477 e. The van der Waals surface area contributed by atoms with Gasteiger partial charge in [-0.15, -0.1) is 0 Å². The molecule has 3 N–H and O–H groups in total. The van der Waals surface area contributed by atoms with Crippen LogP contribution in [0.1, 0.15) is 46.7 Å². The molecule has 2 fully saturated rings. The summed E-state index contributed by atoms with van der Waals surface area (Å²) >= 11 is 6.62. The fourth-order valence-corrected chi connectivity index (χ4v) is 5.17. The molecule has 4 atom stereocenters. The van der Waals surface area contributed by atoms with E-state index >= 15 is 0 Å². The lowest BCUT2D eigenvalue weighted by atomic mass is 10.00. The molecular weight excluding hydrogens is 439 g/mol. The Labute approximate surface area is 187 Å². The molecule has 1 aliphatic carbocycles. The van der Waals surface area contributed by atoms with Gasteiger partial charge in [-0.1, -0.05) is 11.6 Å². The third kappa shape index (κ3) is 3.27. The zero-order valence-electron chi connectivity index (χ0n) is 17.3. The Bertz CT molecular complexity index is 1280. The first-order valence-corrected chi connectivity index (χ1v) is 10.8. The van der Waals surface area contributed by atoms with Gasteiger partial charge in [0.05, 0.1) is 34.5 Å². The summed E-state index contributed by atoms with van der Waals surface area (Å²) in [5.41, 5.74) is 7.31. The molecular formula is C22H22ClFN4O4. The number of benzene rings is 1. The molecule has 2 aromatic heterocycles. The SMILES string of the molecule is Cc1c(N2CCC(C(N)c3ncco3)C2)c(Cl)cc2c(=O)c(C(=O)O)cn(C3CC3F)c12. The number of carbonyl (C=O) groups is 1. The number of halogens is 2. The van der Waals surface area contributed by atoms with Crippen LogP contribution in [0.25, 0.3) is 10.9 Å². The Hall–Kier alpha value is -2.91. The number of anilines is 1. The van der Waals surface area contributed by atoms with E-state index in [1.54, 1.807) is 10.8 Å². The van der Waals surface area contributed by atoms with E-state index in [1.165, 1.54) is 18.5 Å². The quantitative estimate of drug-likeness (QED) is 0.599. The lowest BCUT2D eigenvalue weighted by molar-refractivity contribution is 0.0694. The molecule has 1 aliphatic heterocycles. The van der Waals surface area contributed by atoms with E-state index < -0.39 is 29.2 Å². The van der Waals surface area contributed by atoms with E-state index in [1.807, 2.05) is 6.92 Å². The van der Waals surface area contributed by atoms with Gasteiger partial charge in [0.2, 0.25) is 11.3 Å². The van der Waals surface area contributed by atoms with Crippen molar-refractivity contribution in [3.8, 4) is 0 Å². The molecule has 3 heterocycles. The fraction of sp³-hybridized carbons (Fsp3) is 0.409. The van der Waals surface area contributed by atoms with Gasteiger partial charge in [-0.25, -0.2) is 14.2 Å². The number of aromatic carboxylic acids is 1.